The normalized spacial score (nSPS) is 20.4. The highest BCUT2D eigenvalue weighted by Crippen LogP contribution is 2.36. The van der Waals surface area contributed by atoms with Crippen LogP contribution in [-0.2, 0) is 36.8 Å². The predicted octanol–water partition coefficient (Wildman–Crippen LogP) is 3.47. The van der Waals surface area contributed by atoms with Gasteiger partial charge in [-0.25, -0.2) is 4.79 Å². The molecule has 0 radical (unpaired) electrons. The van der Waals surface area contributed by atoms with Crippen molar-refractivity contribution in [3.63, 3.8) is 0 Å². The van der Waals surface area contributed by atoms with Crippen LogP contribution < -0.4 is 0 Å². The third-order valence-electron chi connectivity index (χ3n) is 6.18. The third-order valence-corrected chi connectivity index (χ3v) is 6.18. The highest BCUT2D eigenvalue weighted by atomic mass is 16.8. The van der Waals surface area contributed by atoms with Crippen LogP contribution in [0, 0.1) is 0 Å². The molecular formula is C28H39NO8. The zero-order valence-corrected chi connectivity index (χ0v) is 21.8. The molecule has 1 amide bonds. The largest absolute Gasteiger partial charge is 0.445 e. The van der Waals surface area contributed by atoms with Gasteiger partial charge in [-0.1, -0.05) is 60.7 Å². The molecule has 1 aliphatic rings. The number of hydrogen-bond donors (Lipinski definition) is 2. The van der Waals surface area contributed by atoms with E-state index in [2.05, 4.69) is 0 Å². The van der Waals surface area contributed by atoms with Crippen LogP contribution in [0.2, 0.25) is 0 Å². The van der Waals surface area contributed by atoms with E-state index in [1.54, 1.807) is 18.7 Å². The van der Waals surface area contributed by atoms with Crippen LogP contribution >= 0.6 is 0 Å². The Hall–Kier alpha value is -2.53. The van der Waals surface area contributed by atoms with Crippen molar-refractivity contribution < 1.29 is 38.7 Å². The zero-order chi connectivity index (χ0) is 26.7. The maximum absolute atomic E-state index is 13.6. The standard InChI is InChI=1S/C28H39NO8/c1-28(2)36-25(26(37-28)24(18-31)35-20-33-3)23(15-10-16-30)29(17-21-11-6-4-7-12-21)27(32)34-19-22-13-8-5-9-14-22/h4-9,11-14,23-26,30-31H,10,15-20H2,1-3H3/t23-,24+,25-,26+/m0/s1. The van der Waals surface area contributed by atoms with E-state index >= 15 is 0 Å². The van der Waals surface area contributed by atoms with Gasteiger partial charge in [0.2, 0.25) is 0 Å². The molecule has 9 nitrogen and oxygen atoms in total. The first kappa shape index (κ1) is 29.0. The lowest BCUT2D eigenvalue weighted by atomic mass is 9.95. The van der Waals surface area contributed by atoms with Crippen LogP contribution in [0.3, 0.4) is 0 Å². The number of amides is 1. The van der Waals surface area contributed by atoms with E-state index in [0.29, 0.717) is 12.8 Å². The van der Waals surface area contributed by atoms with Crippen molar-refractivity contribution in [1.29, 1.82) is 0 Å². The average Bonchev–Trinajstić information content (AvgIpc) is 3.23. The molecule has 0 bridgehead atoms. The Bertz CT molecular complexity index is 926. The summed E-state index contributed by atoms with van der Waals surface area (Å²) in [7, 11) is 1.50. The van der Waals surface area contributed by atoms with Gasteiger partial charge in [0.25, 0.3) is 0 Å². The Kier molecular flexibility index (Phi) is 11.3. The van der Waals surface area contributed by atoms with Gasteiger partial charge in [0.05, 0.1) is 12.6 Å². The fourth-order valence-electron chi connectivity index (χ4n) is 4.51. The van der Waals surface area contributed by atoms with E-state index in [9.17, 15) is 15.0 Å². The molecule has 3 rings (SSSR count). The summed E-state index contributed by atoms with van der Waals surface area (Å²) in [5, 5.41) is 19.8. The van der Waals surface area contributed by atoms with Crippen LogP contribution in [-0.4, -0.2) is 78.5 Å². The van der Waals surface area contributed by atoms with Gasteiger partial charge < -0.3 is 33.9 Å². The fraction of sp³-hybridized carbons (Fsp3) is 0.536. The first-order valence-electron chi connectivity index (χ1n) is 12.6. The number of carbonyl (C=O) groups excluding carboxylic acids is 1. The van der Waals surface area contributed by atoms with Crippen LogP contribution in [0.25, 0.3) is 0 Å². The first-order chi connectivity index (χ1) is 17.9. The van der Waals surface area contributed by atoms with Gasteiger partial charge in [-0.2, -0.15) is 0 Å². The van der Waals surface area contributed by atoms with E-state index in [0.717, 1.165) is 11.1 Å². The van der Waals surface area contributed by atoms with Crippen molar-refractivity contribution in [2.45, 2.75) is 70.0 Å². The topological polar surface area (TPSA) is 107 Å². The number of aliphatic hydroxyl groups excluding tert-OH is 2. The molecule has 1 aliphatic heterocycles. The summed E-state index contributed by atoms with van der Waals surface area (Å²) in [5.41, 5.74) is 1.78. The fourth-order valence-corrected chi connectivity index (χ4v) is 4.51. The molecule has 2 aromatic rings. The summed E-state index contributed by atoms with van der Waals surface area (Å²) in [5.74, 6) is -0.983. The Labute approximate surface area is 218 Å². The molecule has 0 spiro atoms. The molecule has 1 heterocycles. The molecular weight excluding hydrogens is 478 g/mol. The van der Waals surface area contributed by atoms with E-state index in [1.807, 2.05) is 60.7 Å². The average molecular weight is 518 g/mol. The van der Waals surface area contributed by atoms with E-state index < -0.39 is 36.2 Å². The second-order valence-electron chi connectivity index (χ2n) is 9.45. The lowest BCUT2D eigenvalue weighted by Crippen LogP contribution is -2.53. The second-order valence-corrected chi connectivity index (χ2v) is 9.45. The van der Waals surface area contributed by atoms with Crippen LogP contribution in [0.4, 0.5) is 4.79 Å². The number of rotatable bonds is 14. The molecule has 0 unspecified atom stereocenters. The summed E-state index contributed by atoms with van der Waals surface area (Å²) in [4.78, 5) is 15.2. The Morgan fingerprint density at radius 2 is 1.62 bits per heavy atom. The van der Waals surface area contributed by atoms with E-state index in [4.69, 9.17) is 23.7 Å². The minimum Gasteiger partial charge on any atom is -0.445 e. The summed E-state index contributed by atoms with van der Waals surface area (Å²) in [6, 6.07) is 18.5. The summed E-state index contributed by atoms with van der Waals surface area (Å²) < 4.78 is 29.0. The molecule has 4 atom stereocenters. The molecule has 1 saturated heterocycles. The van der Waals surface area contributed by atoms with Gasteiger partial charge in [0.15, 0.2) is 5.79 Å². The summed E-state index contributed by atoms with van der Waals surface area (Å²) in [6.07, 6.45) is -1.77. The highest BCUT2D eigenvalue weighted by molar-refractivity contribution is 5.68. The minimum absolute atomic E-state index is 0.0353. The first-order valence-corrected chi connectivity index (χ1v) is 12.6. The van der Waals surface area contributed by atoms with Crippen molar-refractivity contribution in [1.82, 2.24) is 4.90 Å². The quantitative estimate of drug-likeness (QED) is 0.367. The van der Waals surface area contributed by atoms with Gasteiger partial charge >= 0.3 is 6.09 Å². The lowest BCUT2D eigenvalue weighted by Gasteiger charge is -2.37. The zero-order valence-electron chi connectivity index (χ0n) is 21.8. The molecule has 2 aromatic carbocycles. The van der Waals surface area contributed by atoms with E-state index in [1.165, 1.54) is 7.11 Å². The maximum atomic E-state index is 13.6. The molecule has 2 N–H and O–H groups in total. The minimum atomic E-state index is -0.983. The number of methoxy groups -OCH3 is 1. The van der Waals surface area contributed by atoms with Gasteiger partial charge in [-0.05, 0) is 37.8 Å². The van der Waals surface area contributed by atoms with Gasteiger partial charge in [-0.15, -0.1) is 0 Å². The number of ether oxygens (including phenoxy) is 5. The van der Waals surface area contributed by atoms with Gasteiger partial charge in [0.1, 0.15) is 31.7 Å². The van der Waals surface area contributed by atoms with Crippen LogP contribution in [0.5, 0.6) is 0 Å². The van der Waals surface area contributed by atoms with Crippen molar-refractivity contribution >= 4 is 6.09 Å². The molecule has 0 aromatic heterocycles. The Morgan fingerprint density at radius 3 is 2.22 bits per heavy atom. The number of hydrogen-bond acceptors (Lipinski definition) is 8. The maximum Gasteiger partial charge on any atom is 0.410 e. The summed E-state index contributed by atoms with van der Waals surface area (Å²) >= 11 is 0. The van der Waals surface area contributed by atoms with Crippen molar-refractivity contribution in [3.05, 3.63) is 71.8 Å². The molecule has 37 heavy (non-hydrogen) atoms. The van der Waals surface area contributed by atoms with Crippen molar-refractivity contribution in [2.75, 3.05) is 27.1 Å². The van der Waals surface area contributed by atoms with Crippen molar-refractivity contribution in [2.24, 2.45) is 0 Å². The Balaban J connectivity index is 1.93. The van der Waals surface area contributed by atoms with Gasteiger partial charge in [0, 0.05) is 20.3 Å². The molecule has 0 aliphatic carbocycles. The third kappa shape index (κ3) is 8.49. The number of carbonyl (C=O) groups is 1. The number of benzene rings is 2. The molecule has 0 saturated carbocycles. The van der Waals surface area contributed by atoms with E-state index in [-0.39, 0.29) is 33.2 Å². The van der Waals surface area contributed by atoms with Crippen LogP contribution in [0.15, 0.2) is 60.7 Å². The Morgan fingerprint density at radius 1 is 1.00 bits per heavy atom. The lowest BCUT2D eigenvalue weighted by molar-refractivity contribution is -0.175. The molecule has 204 valence electrons. The second kappa shape index (κ2) is 14.4. The smallest absolute Gasteiger partial charge is 0.410 e. The number of nitrogens with zero attached hydrogens (tertiary/aromatic N) is 1. The predicted molar refractivity (Wildman–Crippen MR) is 136 cm³/mol. The number of aliphatic hydroxyl groups is 2. The van der Waals surface area contributed by atoms with Crippen LogP contribution in [0.1, 0.15) is 37.8 Å². The monoisotopic (exact) mass is 517 g/mol. The highest BCUT2D eigenvalue weighted by Gasteiger charge is 2.51. The molecule has 1 fully saturated rings. The van der Waals surface area contributed by atoms with Gasteiger partial charge in [-0.3, -0.25) is 4.90 Å². The van der Waals surface area contributed by atoms with Crippen molar-refractivity contribution in [3.8, 4) is 0 Å². The summed E-state index contributed by atoms with van der Waals surface area (Å²) in [6.45, 7) is 3.53. The molecule has 9 heteroatoms. The SMILES string of the molecule is COCO[C@H](CO)[C@H]1OC(C)(C)O[C@H]1[C@H](CCCO)N(Cc1ccccc1)C(=O)OCc1ccccc1.